The van der Waals surface area contributed by atoms with E-state index in [1.54, 1.807) is 0 Å². The molecular formula is C22H24N2. The van der Waals surface area contributed by atoms with E-state index in [0.29, 0.717) is 0 Å². The minimum atomic E-state index is 0.144. The van der Waals surface area contributed by atoms with Gasteiger partial charge in [-0.1, -0.05) is 59.7 Å². The molecule has 24 heavy (non-hydrogen) atoms. The SMILES string of the molecule is Cc1cc(C)cc(C(C)NC(c2ccccc2)c2ccncc2)c1. The molecule has 0 aliphatic heterocycles. The zero-order valence-electron chi connectivity index (χ0n) is 14.5. The van der Waals surface area contributed by atoms with Crippen LogP contribution in [0, 0.1) is 13.8 Å². The van der Waals surface area contributed by atoms with E-state index < -0.39 is 0 Å². The highest BCUT2D eigenvalue weighted by Crippen LogP contribution is 2.26. The minimum absolute atomic E-state index is 0.144. The topological polar surface area (TPSA) is 24.9 Å². The van der Waals surface area contributed by atoms with Crippen LogP contribution in [0.4, 0.5) is 0 Å². The van der Waals surface area contributed by atoms with Crippen molar-refractivity contribution in [1.82, 2.24) is 10.3 Å². The van der Waals surface area contributed by atoms with Gasteiger partial charge in [0.05, 0.1) is 6.04 Å². The molecule has 3 rings (SSSR count). The Morgan fingerprint density at radius 1 is 0.750 bits per heavy atom. The van der Waals surface area contributed by atoms with Gasteiger partial charge in [-0.15, -0.1) is 0 Å². The molecule has 0 fully saturated rings. The van der Waals surface area contributed by atoms with Crippen LogP contribution in [0.15, 0.2) is 73.1 Å². The first-order chi connectivity index (χ1) is 11.6. The zero-order chi connectivity index (χ0) is 16.9. The highest BCUT2D eigenvalue weighted by Gasteiger charge is 2.17. The number of rotatable bonds is 5. The predicted octanol–water partition coefficient (Wildman–Crippen LogP) is 5.14. The molecule has 2 aromatic carbocycles. The van der Waals surface area contributed by atoms with E-state index in [-0.39, 0.29) is 12.1 Å². The highest BCUT2D eigenvalue weighted by atomic mass is 14.9. The standard InChI is InChI=1S/C22H24N2/c1-16-13-17(2)15-21(14-16)18(3)24-22(19-7-5-4-6-8-19)20-9-11-23-12-10-20/h4-15,18,22,24H,1-3H3. The van der Waals surface area contributed by atoms with Crippen molar-refractivity contribution in [3.8, 4) is 0 Å². The molecule has 2 atom stereocenters. The summed E-state index contributed by atoms with van der Waals surface area (Å²) in [5.74, 6) is 0. The Kier molecular flexibility index (Phi) is 5.07. The maximum Gasteiger partial charge on any atom is 0.0582 e. The molecular weight excluding hydrogens is 292 g/mol. The van der Waals surface area contributed by atoms with Gasteiger partial charge in [0.2, 0.25) is 0 Å². The largest absolute Gasteiger partial charge is 0.300 e. The average molecular weight is 316 g/mol. The molecule has 2 unspecified atom stereocenters. The van der Waals surface area contributed by atoms with Crippen molar-refractivity contribution in [3.05, 3.63) is 101 Å². The van der Waals surface area contributed by atoms with Gasteiger partial charge in [0.15, 0.2) is 0 Å². The lowest BCUT2D eigenvalue weighted by Crippen LogP contribution is -2.25. The number of aromatic nitrogens is 1. The Labute approximate surface area is 144 Å². The third-order valence-electron chi connectivity index (χ3n) is 4.33. The molecule has 0 amide bonds. The number of nitrogens with one attached hydrogen (secondary N) is 1. The van der Waals surface area contributed by atoms with Crippen LogP contribution in [0.3, 0.4) is 0 Å². The summed E-state index contributed by atoms with van der Waals surface area (Å²) >= 11 is 0. The number of aryl methyl sites for hydroxylation is 2. The van der Waals surface area contributed by atoms with Crippen molar-refractivity contribution in [1.29, 1.82) is 0 Å². The molecule has 0 saturated carbocycles. The Hall–Kier alpha value is -2.45. The Morgan fingerprint density at radius 3 is 1.96 bits per heavy atom. The van der Waals surface area contributed by atoms with Gasteiger partial charge in [0.1, 0.15) is 0 Å². The van der Waals surface area contributed by atoms with Gasteiger partial charge in [-0.3, -0.25) is 10.3 Å². The van der Waals surface area contributed by atoms with Crippen LogP contribution in [0.25, 0.3) is 0 Å². The predicted molar refractivity (Wildman–Crippen MR) is 100.0 cm³/mol. The Balaban J connectivity index is 1.92. The third kappa shape index (κ3) is 3.90. The number of benzene rings is 2. The quantitative estimate of drug-likeness (QED) is 0.705. The number of hydrogen-bond donors (Lipinski definition) is 1. The van der Waals surface area contributed by atoms with E-state index in [2.05, 4.69) is 91.7 Å². The normalized spacial score (nSPS) is 13.5. The summed E-state index contributed by atoms with van der Waals surface area (Å²) in [4.78, 5) is 4.15. The van der Waals surface area contributed by atoms with Crippen LogP contribution in [0.1, 0.15) is 46.8 Å². The van der Waals surface area contributed by atoms with Gasteiger partial charge >= 0.3 is 0 Å². The second-order valence-corrected chi connectivity index (χ2v) is 6.43. The van der Waals surface area contributed by atoms with Gasteiger partial charge < -0.3 is 0 Å². The van der Waals surface area contributed by atoms with Crippen LogP contribution in [0.5, 0.6) is 0 Å². The number of pyridine rings is 1. The first kappa shape index (κ1) is 16.4. The average Bonchev–Trinajstić information content (AvgIpc) is 2.60. The van der Waals surface area contributed by atoms with Gasteiger partial charge in [0.25, 0.3) is 0 Å². The molecule has 0 saturated heterocycles. The molecule has 2 nitrogen and oxygen atoms in total. The monoisotopic (exact) mass is 316 g/mol. The zero-order valence-corrected chi connectivity index (χ0v) is 14.5. The van der Waals surface area contributed by atoms with E-state index in [9.17, 15) is 0 Å². The lowest BCUT2D eigenvalue weighted by Gasteiger charge is -2.25. The van der Waals surface area contributed by atoms with E-state index in [4.69, 9.17) is 0 Å². The Bertz CT molecular complexity index is 722. The van der Waals surface area contributed by atoms with E-state index in [0.717, 1.165) is 0 Å². The van der Waals surface area contributed by atoms with Gasteiger partial charge in [0, 0.05) is 18.4 Å². The van der Waals surface area contributed by atoms with Gasteiger partial charge in [-0.25, -0.2) is 0 Å². The summed E-state index contributed by atoms with van der Waals surface area (Å²) in [5, 5.41) is 3.79. The fourth-order valence-corrected chi connectivity index (χ4v) is 3.19. The summed E-state index contributed by atoms with van der Waals surface area (Å²) in [6.45, 7) is 6.53. The molecule has 2 heteroatoms. The van der Waals surface area contributed by atoms with Crippen molar-refractivity contribution in [2.45, 2.75) is 32.9 Å². The second kappa shape index (κ2) is 7.41. The van der Waals surface area contributed by atoms with Crippen LogP contribution < -0.4 is 5.32 Å². The summed E-state index contributed by atoms with van der Waals surface area (Å²) in [6.07, 6.45) is 3.71. The molecule has 0 aliphatic carbocycles. The minimum Gasteiger partial charge on any atom is -0.300 e. The molecule has 0 radical (unpaired) electrons. The number of hydrogen-bond acceptors (Lipinski definition) is 2. The van der Waals surface area contributed by atoms with Crippen LogP contribution >= 0.6 is 0 Å². The molecule has 1 N–H and O–H groups in total. The van der Waals surface area contributed by atoms with Crippen LogP contribution in [-0.2, 0) is 0 Å². The molecule has 1 heterocycles. The van der Waals surface area contributed by atoms with Crippen LogP contribution in [0.2, 0.25) is 0 Å². The van der Waals surface area contributed by atoms with Crippen LogP contribution in [-0.4, -0.2) is 4.98 Å². The highest BCUT2D eigenvalue weighted by molar-refractivity contribution is 5.33. The molecule has 1 aromatic heterocycles. The fraction of sp³-hybridized carbons (Fsp3) is 0.227. The van der Waals surface area contributed by atoms with E-state index in [1.165, 1.54) is 27.8 Å². The fourth-order valence-electron chi connectivity index (χ4n) is 3.19. The molecule has 3 aromatic rings. The smallest absolute Gasteiger partial charge is 0.0582 e. The number of nitrogens with zero attached hydrogens (tertiary/aromatic N) is 1. The summed E-state index contributed by atoms with van der Waals surface area (Å²) in [6, 6.07) is 21.9. The summed E-state index contributed by atoms with van der Waals surface area (Å²) in [5.41, 5.74) is 6.42. The third-order valence-corrected chi connectivity index (χ3v) is 4.33. The first-order valence-electron chi connectivity index (χ1n) is 8.42. The molecule has 0 bridgehead atoms. The molecule has 122 valence electrons. The van der Waals surface area contributed by atoms with E-state index >= 15 is 0 Å². The van der Waals surface area contributed by atoms with Gasteiger partial charge in [-0.05, 0) is 49.6 Å². The molecule has 0 spiro atoms. The maximum atomic E-state index is 4.15. The van der Waals surface area contributed by atoms with Crippen molar-refractivity contribution in [3.63, 3.8) is 0 Å². The summed E-state index contributed by atoms with van der Waals surface area (Å²) < 4.78 is 0. The maximum absolute atomic E-state index is 4.15. The summed E-state index contributed by atoms with van der Waals surface area (Å²) in [7, 11) is 0. The van der Waals surface area contributed by atoms with Gasteiger partial charge in [-0.2, -0.15) is 0 Å². The van der Waals surface area contributed by atoms with Crippen molar-refractivity contribution >= 4 is 0 Å². The first-order valence-corrected chi connectivity index (χ1v) is 8.42. The van der Waals surface area contributed by atoms with Crippen molar-refractivity contribution in [2.75, 3.05) is 0 Å². The molecule has 0 aliphatic rings. The lowest BCUT2D eigenvalue weighted by atomic mass is 9.96. The Morgan fingerprint density at radius 2 is 1.33 bits per heavy atom. The second-order valence-electron chi connectivity index (χ2n) is 6.43. The lowest BCUT2D eigenvalue weighted by molar-refractivity contribution is 0.516. The van der Waals surface area contributed by atoms with Crippen molar-refractivity contribution < 1.29 is 0 Å². The van der Waals surface area contributed by atoms with E-state index in [1.807, 2.05) is 12.4 Å². The van der Waals surface area contributed by atoms with Crippen molar-refractivity contribution in [2.24, 2.45) is 0 Å².